The quantitative estimate of drug-likeness (QED) is 0.331. The number of hydrogen-bond donors (Lipinski definition) is 1. The van der Waals surface area contributed by atoms with E-state index in [-0.39, 0.29) is 5.91 Å². The Kier molecular flexibility index (Phi) is 5.17. The SMILES string of the molecule is O=C(Nc1cccc(-c2nc3ccccc3s2)c1)c1cccc(Oc2ccccc2)c1. The van der Waals surface area contributed by atoms with E-state index in [1.54, 1.807) is 23.5 Å². The normalized spacial score (nSPS) is 10.7. The van der Waals surface area contributed by atoms with Crippen LogP contribution in [-0.2, 0) is 0 Å². The van der Waals surface area contributed by atoms with Crippen molar-refractivity contribution in [3.8, 4) is 22.1 Å². The van der Waals surface area contributed by atoms with Crippen LogP contribution < -0.4 is 10.1 Å². The summed E-state index contributed by atoms with van der Waals surface area (Å²) in [5, 5.41) is 3.90. The first-order chi connectivity index (χ1) is 15.2. The fourth-order valence-corrected chi connectivity index (χ4v) is 4.22. The topological polar surface area (TPSA) is 51.2 Å². The lowest BCUT2D eigenvalue weighted by molar-refractivity contribution is 0.102. The number of aromatic nitrogens is 1. The number of amides is 1. The highest BCUT2D eigenvalue weighted by molar-refractivity contribution is 7.21. The van der Waals surface area contributed by atoms with Crippen molar-refractivity contribution >= 4 is 33.1 Å². The van der Waals surface area contributed by atoms with Crippen molar-refractivity contribution in [2.75, 3.05) is 5.32 Å². The van der Waals surface area contributed by atoms with Gasteiger partial charge in [0.2, 0.25) is 0 Å². The molecule has 0 aliphatic rings. The molecule has 150 valence electrons. The molecule has 0 saturated carbocycles. The van der Waals surface area contributed by atoms with Crippen LogP contribution >= 0.6 is 11.3 Å². The van der Waals surface area contributed by atoms with Gasteiger partial charge in [-0.25, -0.2) is 4.98 Å². The summed E-state index contributed by atoms with van der Waals surface area (Å²) in [6.07, 6.45) is 0. The molecule has 0 atom stereocenters. The number of anilines is 1. The molecule has 5 rings (SSSR count). The molecule has 31 heavy (non-hydrogen) atoms. The Balaban J connectivity index is 1.35. The molecule has 0 aliphatic carbocycles. The minimum absolute atomic E-state index is 0.194. The molecule has 1 aromatic heterocycles. The van der Waals surface area contributed by atoms with Gasteiger partial charge >= 0.3 is 0 Å². The highest BCUT2D eigenvalue weighted by Gasteiger charge is 2.10. The van der Waals surface area contributed by atoms with E-state index < -0.39 is 0 Å². The minimum Gasteiger partial charge on any atom is -0.457 e. The van der Waals surface area contributed by atoms with E-state index in [1.807, 2.05) is 84.9 Å². The zero-order valence-corrected chi connectivity index (χ0v) is 17.3. The molecule has 4 aromatic carbocycles. The van der Waals surface area contributed by atoms with Gasteiger partial charge in [0.15, 0.2) is 0 Å². The molecule has 1 N–H and O–H groups in total. The summed E-state index contributed by atoms with van der Waals surface area (Å²) >= 11 is 1.64. The Morgan fingerprint density at radius 1 is 0.774 bits per heavy atom. The van der Waals surface area contributed by atoms with Crippen LogP contribution in [-0.4, -0.2) is 10.9 Å². The van der Waals surface area contributed by atoms with Gasteiger partial charge in [0, 0.05) is 16.8 Å². The van der Waals surface area contributed by atoms with Gasteiger partial charge in [-0.05, 0) is 54.6 Å². The maximum atomic E-state index is 12.8. The summed E-state index contributed by atoms with van der Waals surface area (Å²) in [5.74, 6) is 1.14. The van der Waals surface area contributed by atoms with Gasteiger partial charge in [0.1, 0.15) is 16.5 Å². The lowest BCUT2D eigenvalue weighted by Crippen LogP contribution is -2.11. The number of carbonyl (C=O) groups excluding carboxylic acids is 1. The third-order valence-corrected chi connectivity index (χ3v) is 5.82. The lowest BCUT2D eigenvalue weighted by Gasteiger charge is -2.09. The second-order valence-electron chi connectivity index (χ2n) is 6.96. The molecule has 1 amide bonds. The predicted molar refractivity (Wildman–Crippen MR) is 126 cm³/mol. The molecule has 0 unspecified atom stereocenters. The van der Waals surface area contributed by atoms with Crippen molar-refractivity contribution in [2.24, 2.45) is 0 Å². The van der Waals surface area contributed by atoms with Crippen LogP contribution in [0.15, 0.2) is 103 Å². The Hall–Kier alpha value is -3.96. The van der Waals surface area contributed by atoms with E-state index in [2.05, 4.69) is 11.4 Å². The van der Waals surface area contributed by atoms with E-state index in [0.717, 1.165) is 32.2 Å². The van der Waals surface area contributed by atoms with Gasteiger partial charge in [-0.1, -0.05) is 48.5 Å². The molecule has 1 heterocycles. The summed E-state index contributed by atoms with van der Waals surface area (Å²) in [6, 6.07) is 32.4. The standard InChI is InChI=1S/C26H18N2O2S/c29-25(18-8-7-13-22(17-18)30-21-11-2-1-3-12-21)27-20-10-6-9-19(16-20)26-28-23-14-4-5-15-24(23)31-26/h1-17H,(H,27,29). The molecular formula is C26H18N2O2S. The Morgan fingerprint density at radius 3 is 2.42 bits per heavy atom. The average molecular weight is 423 g/mol. The van der Waals surface area contributed by atoms with Crippen LogP contribution in [0.5, 0.6) is 11.5 Å². The van der Waals surface area contributed by atoms with Crippen molar-refractivity contribution in [2.45, 2.75) is 0 Å². The van der Waals surface area contributed by atoms with Crippen molar-refractivity contribution in [1.29, 1.82) is 0 Å². The predicted octanol–water partition coefficient (Wildman–Crippen LogP) is 7.01. The number of para-hydroxylation sites is 2. The smallest absolute Gasteiger partial charge is 0.255 e. The van der Waals surface area contributed by atoms with E-state index >= 15 is 0 Å². The number of nitrogens with one attached hydrogen (secondary N) is 1. The highest BCUT2D eigenvalue weighted by atomic mass is 32.1. The number of ether oxygens (including phenoxy) is 1. The number of nitrogens with zero attached hydrogens (tertiary/aromatic N) is 1. The van der Waals surface area contributed by atoms with Gasteiger partial charge < -0.3 is 10.1 Å². The van der Waals surface area contributed by atoms with E-state index in [0.29, 0.717) is 11.3 Å². The number of carbonyl (C=O) groups is 1. The molecule has 0 aliphatic heterocycles. The minimum atomic E-state index is -0.194. The van der Waals surface area contributed by atoms with E-state index in [1.165, 1.54) is 0 Å². The highest BCUT2D eigenvalue weighted by Crippen LogP contribution is 2.31. The Labute approximate surface area is 183 Å². The second kappa shape index (κ2) is 8.42. The summed E-state index contributed by atoms with van der Waals surface area (Å²) in [7, 11) is 0. The van der Waals surface area contributed by atoms with Crippen LogP contribution in [0.4, 0.5) is 5.69 Å². The molecule has 5 aromatic rings. The van der Waals surface area contributed by atoms with E-state index in [4.69, 9.17) is 9.72 Å². The third-order valence-electron chi connectivity index (χ3n) is 4.74. The summed E-state index contributed by atoms with van der Waals surface area (Å²) in [5.41, 5.74) is 3.20. The fraction of sp³-hybridized carbons (Fsp3) is 0. The van der Waals surface area contributed by atoms with Crippen molar-refractivity contribution in [1.82, 2.24) is 4.98 Å². The summed E-state index contributed by atoms with van der Waals surface area (Å²) in [6.45, 7) is 0. The van der Waals surface area contributed by atoms with Crippen molar-refractivity contribution in [3.63, 3.8) is 0 Å². The summed E-state index contributed by atoms with van der Waals surface area (Å²) in [4.78, 5) is 17.5. The number of rotatable bonds is 5. The largest absolute Gasteiger partial charge is 0.457 e. The molecule has 0 spiro atoms. The van der Waals surface area contributed by atoms with Crippen LogP contribution in [0, 0.1) is 0 Å². The second-order valence-corrected chi connectivity index (χ2v) is 8.00. The first-order valence-corrected chi connectivity index (χ1v) is 10.7. The number of thiazole rings is 1. The number of fused-ring (bicyclic) bond motifs is 1. The van der Waals surface area contributed by atoms with E-state index in [9.17, 15) is 4.79 Å². The first-order valence-electron chi connectivity index (χ1n) is 9.85. The maximum Gasteiger partial charge on any atom is 0.255 e. The molecule has 0 radical (unpaired) electrons. The zero-order valence-electron chi connectivity index (χ0n) is 16.5. The maximum absolute atomic E-state index is 12.8. The fourth-order valence-electron chi connectivity index (χ4n) is 3.25. The molecule has 0 fully saturated rings. The molecular weight excluding hydrogens is 404 g/mol. The monoisotopic (exact) mass is 422 g/mol. The van der Waals surface area contributed by atoms with Gasteiger partial charge in [-0.3, -0.25) is 4.79 Å². The Morgan fingerprint density at radius 2 is 1.55 bits per heavy atom. The van der Waals surface area contributed by atoms with Crippen molar-refractivity contribution in [3.05, 3.63) is 109 Å². The number of hydrogen-bond acceptors (Lipinski definition) is 4. The van der Waals surface area contributed by atoms with Gasteiger partial charge in [0.25, 0.3) is 5.91 Å². The van der Waals surface area contributed by atoms with Crippen LogP contribution in [0.3, 0.4) is 0 Å². The molecule has 5 heteroatoms. The molecule has 4 nitrogen and oxygen atoms in total. The van der Waals surface area contributed by atoms with Crippen LogP contribution in [0.25, 0.3) is 20.8 Å². The first kappa shape index (κ1) is 19.0. The zero-order chi connectivity index (χ0) is 21.0. The van der Waals surface area contributed by atoms with Crippen LogP contribution in [0.2, 0.25) is 0 Å². The lowest BCUT2D eigenvalue weighted by atomic mass is 10.1. The van der Waals surface area contributed by atoms with Crippen LogP contribution in [0.1, 0.15) is 10.4 Å². The molecule has 0 saturated heterocycles. The average Bonchev–Trinajstić information content (AvgIpc) is 3.25. The summed E-state index contributed by atoms with van der Waals surface area (Å²) < 4.78 is 6.98. The Bertz CT molecular complexity index is 1330. The van der Waals surface area contributed by atoms with Crippen molar-refractivity contribution < 1.29 is 9.53 Å². The van der Waals surface area contributed by atoms with Gasteiger partial charge in [0.05, 0.1) is 10.2 Å². The third kappa shape index (κ3) is 4.32. The van der Waals surface area contributed by atoms with Gasteiger partial charge in [-0.15, -0.1) is 11.3 Å². The van der Waals surface area contributed by atoms with Gasteiger partial charge in [-0.2, -0.15) is 0 Å². The number of benzene rings is 4. The molecule has 0 bridgehead atoms.